The van der Waals surface area contributed by atoms with E-state index in [1.165, 1.54) is 0 Å². The number of halogens is 1. The average molecular weight is 432 g/mol. The van der Waals surface area contributed by atoms with Crippen molar-refractivity contribution in [1.82, 2.24) is 10.6 Å². The minimum Gasteiger partial charge on any atom is -0.445 e. The number of hydrogen-bond acceptors (Lipinski definition) is 4. The quantitative estimate of drug-likeness (QED) is 0.566. The van der Waals surface area contributed by atoms with Gasteiger partial charge in [-0.25, -0.2) is 4.79 Å². The molecule has 0 aromatic heterocycles. The van der Waals surface area contributed by atoms with Gasteiger partial charge in [-0.3, -0.25) is 9.59 Å². The van der Waals surface area contributed by atoms with Gasteiger partial charge in [0.05, 0.1) is 0 Å². The van der Waals surface area contributed by atoms with Crippen molar-refractivity contribution >= 4 is 29.5 Å². The molecular weight excluding hydrogens is 406 g/mol. The maximum atomic E-state index is 12.7. The molecule has 7 nitrogen and oxygen atoms in total. The molecule has 0 aliphatic carbocycles. The van der Waals surface area contributed by atoms with Gasteiger partial charge in [-0.15, -0.1) is 0 Å². The van der Waals surface area contributed by atoms with Crippen molar-refractivity contribution in [3.63, 3.8) is 0 Å². The largest absolute Gasteiger partial charge is 0.445 e. The van der Waals surface area contributed by atoms with Gasteiger partial charge < -0.3 is 21.1 Å². The van der Waals surface area contributed by atoms with Gasteiger partial charge in [-0.2, -0.15) is 0 Å². The minimum atomic E-state index is -0.929. The number of alkyl carbamates (subject to hydrolysis) is 1. The molecule has 2 rings (SSSR count). The van der Waals surface area contributed by atoms with Gasteiger partial charge in [-0.05, 0) is 29.2 Å². The first kappa shape index (κ1) is 23.2. The summed E-state index contributed by atoms with van der Waals surface area (Å²) < 4.78 is 5.18. The molecule has 2 aromatic carbocycles. The van der Waals surface area contributed by atoms with Gasteiger partial charge in [0.2, 0.25) is 11.8 Å². The summed E-state index contributed by atoms with van der Waals surface area (Å²) in [6.45, 7) is 3.64. The molecule has 0 spiro atoms. The molecule has 0 unspecified atom stereocenters. The summed E-state index contributed by atoms with van der Waals surface area (Å²) in [4.78, 5) is 36.8. The van der Waals surface area contributed by atoms with E-state index >= 15 is 0 Å². The summed E-state index contributed by atoms with van der Waals surface area (Å²) in [5.74, 6) is -1.43. The molecule has 3 amide bonds. The van der Waals surface area contributed by atoms with Gasteiger partial charge >= 0.3 is 6.09 Å². The summed E-state index contributed by atoms with van der Waals surface area (Å²) in [7, 11) is 0. The van der Waals surface area contributed by atoms with E-state index in [0.717, 1.165) is 11.1 Å². The predicted octanol–water partition coefficient (Wildman–Crippen LogP) is 2.80. The van der Waals surface area contributed by atoms with E-state index in [4.69, 9.17) is 22.1 Å². The molecular formula is C22H26ClN3O4. The van der Waals surface area contributed by atoms with Crippen LogP contribution in [0.5, 0.6) is 0 Å². The third kappa shape index (κ3) is 7.40. The van der Waals surface area contributed by atoms with Crippen LogP contribution in [-0.4, -0.2) is 30.0 Å². The fraction of sp³-hybridized carbons (Fsp3) is 0.318. The van der Waals surface area contributed by atoms with Crippen LogP contribution in [0.2, 0.25) is 5.02 Å². The van der Waals surface area contributed by atoms with E-state index in [1.807, 2.05) is 30.3 Å². The number of nitrogens with two attached hydrogens (primary N) is 1. The van der Waals surface area contributed by atoms with Crippen LogP contribution in [0.15, 0.2) is 54.6 Å². The molecule has 0 fully saturated rings. The molecule has 4 N–H and O–H groups in total. The van der Waals surface area contributed by atoms with Crippen molar-refractivity contribution in [2.24, 2.45) is 11.7 Å². The first-order valence-electron chi connectivity index (χ1n) is 9.57. The zero-order valence-corrected chi connectivity index (χ0v) is 17.7. The number of carbonyl (C=O) groups excluding carboxylic acids is 3. The highest BCUT2D eigenvalue weighted by Crippen LogP contribution is 2.12. The molecule has 30 heavy (non-hydrogen) atoms. The number of primary amides is 1. The zero-order chi connectivity index (χ0) is 22.1. The Bertz CT molecular complexity index is 856. The summed E-state index contributed by atoms with van der Waals surface area (Å²) in [6.07, 6.45) is -0.511. The molecule has 0 aliphatic heterocycles. The smallest absolute Gasteiger partial charge is 0.408 e. The highest BCUT2D eigenvalue weighted by Gasteiger charge is 2.28. The SMILES string of the molecule is CC(C)[C@@H](NC(=O)OCc1ccccc1)C(=O)N[C@@H](Cc1ccc(Cl)cc1)C(N)=O. The molecule has 0 bridgehead atoms. The van der Waals surface area contributed by atoms with E-state index < -0.39 is 30.0 Å². The van der Waals surface area contributed by atoms with Crippen molar-refractivity contribution in [1.29, 1.82) is 0 Å². The maximum Gasteiger partial charge on any atom is 0.408 e. The molecule has 160 valence electrons. The number of benzene rings is 2. The van der Waals surface area contributed by atoms with E-state index in [9.17, 15) is 14.4 Å². The topological polar surface area (TPSA) is 111 Å². The van der Waals surface area contributed by atoms with Gasteiger partial charge in [0, 0.05) is 11.4 Å². The minimum absolute atomic E-state index is 0.0829. The highest BCUT2D eigenvalue weighted by atomic mass is 35.5. The first-order valence-corrected chi connectivity index (χ1v) is 9.95. The predicted molar refractivity (Wildman–Crippen MR) is 115 cm³/mol. The Labute approximate surface area is 180 Å². The summed E-state index contributed by atoms with van der Waals surface area (Å²) in [6, 6.07) is 14.3. The van der Waals surface area contributed by atoms with Gasteiger partial charge in [-0.1, -0.05) is 67.9 Å². The van der Waals surface area contributed by atoms with Crippen LogP contribution in [-0.2, 0) is 27.4 Å². The Morgan fingerprint density at radius 1 is 0.967 bits per heavy atom. The van der Waals surface area contributed by atoms with Gasteiger partial charge in [0.25, 0.3) is 0 Å². The third-order valence-electron chi connectivity index (χ3n) is 4.45. The van der Waals surface area contributed by atoms with E-state index in [1.54, 1.807) is 38.1 Å². The van der Waals surface area contributed by atoms with Crippen LogP contribution in [0.1, 0.15) is 25.0 Å². The zero-order valence-electron chi connectivity index (χ0n) is 16.9. The normalized spacial score (nSPS) is 12.7. The number of rotatable bonds is 9. The lowest BCUT2D eigenvalue weighted by Gasteiger charge is -2.24. The molecule has 2 aromatic rings. The maximum absolute atomic E-state index is 12.7. The van der Waals surface area contributed by atoms with Crippen LogP contribution in [0, 0.1) is 5.92 Å². The highest BCUT2D eigenvalue weighted by molar-refractivity contribution is 6.30. The molecule has 2 atom stereocenters. The van der Waals surface area contributed by atoms with E-state index in [2.05, 4.69) is 10.6 Å². The Morgan fingerprint density at radius 2 is 1.60 bits per heavy atom. The number of amides is 3. The van der Waals surface area contributed by atoms with Crippen molar-refractivity contribution in [3.8, 4) is 0 Å². The van der Waals surface area contributed by atoms with Crippen molar-refractivity contribution in [2.45, 2.75) is 39.0 Å². The fourth-order valence-corrected chi connectivity index (χ4v) is 2.89. The molecule has 0 aliphatic rings. The van der Waals surface area contributed by atoms with Crippen LogP contribution in [0.3, 0.4) is 0 Å². The van der Waals surface area contributed by atoms with E-state index in [-0.39, 0.29) is 18.9 Å². The number of ether oxygens (including phenoxy) is 1. The number of hydrogen-bond donors (Lipinski definition) is 3. The molecule has 0 saturated carbocycles. The second kappa shape index (κ2) is 11.2. The second-order valence-corrected chi connectivity index (χ2v) is 7.66. The molecule has 0 saturated heterocycles. The Balaban J connectivity index is 1.97. The number of carbonyl (C=O) groups is 3. The first-order chi connectivity index (χ1) is 14.3. The fourth-order valence-electron chi connectivity index (χ4n) is 2.77. The summed E-state index contributed by atoms with van der Waals surface area (Å²) >= 11 is 5.87. The second-order valence-electron chi connectivity index (χ2n) is 7.22. The van der Waals surface area contributed by atoms with E-state index in [0.29, 0.717) is 5.02 Å². The summed E-state index contributed by atoms with van der Waals surface area (Å²) in [5, 5.41) is 5.75. The van der Waals surface area contributed by atoms with Crippen molar-refractivity contribution in [2.75, 3.05) is 0 Å². The van der Waals surface area contributed by atoms with Gasteiger partial charge in [0.1, 0.15) is 18.7 Å². The molecule has 0 radical (unpaired) electrons. The van der Waals surface area contributed by atoms with Crippen LogP contribution < -0.4 is 16.4 Å². The molecule has 8 heteroatoms. The third-order valence-corrected chi connectivity index (χ3v) is 4.70. The van der Waals surface area contributed by atoms with Crippen LogP contribution in [0.4, 0.5) is 4.79 Å². The standard InChI is InChI=1S/C22H26ClN3O4/c1-14(2)19(26-22(29)30-13-16-6-4-3-5-7-16)21(28)25-18(20(24)27)12-15-8-10-17(23)11-9-15/h3-11,14,18-19H,12-13H2,1-2H3,(H2,24,27)(H,25,28)(H,26,29)/t18-,19+/m0/s1. The number of nitrogens with one attached hydrogen (secondary N) is 2. The average Bonchev–Trinajstić information content (AvgIpc) is 2.71. The summed E-state index contributed by atoms with van der Waals surface area (Å²) in [5.41, 5.74) is 7.08. The lowest BCUT2D eigenvalue weighted by Crippen LogP contribution is -2.55. The lowest BCUT2D eigenvalue weighted by atomic mass is 10.0. The Morgan fingerprint density at radius 3 is 2.17 bits per heavy atom. The molecule has 0 heterocycles. The Hall–Kier alpha value is -3.06. The van der Waals surface area contributed by atoms with Crippen LogP contribution >= 0.6 is 11.6 Å². The van der Waals surface area contributed by atoms with Crippen molar-refractivity contribution in [3.05, 3.63) is 70.7 Å². The monoisotopic (exact) mass is 431 g/mol. The lowest BCUT2D eigenvalue weighted by molar-refractivity contribution is -0.129. The Kier molecular flexibility index (Phi) is 8.68. The van der Waals surface area contributed by atoms with Gasteiger partial charge in [0.15, 0.2) is 0 Å². The van der Waals surface area contributed by atoms with Crippen molar-refractivity contribution < 1.29 is 19.1 Å². The van der Waals surface area contributed by atoms with Crippen LogP contribution in [0.25, 0.3) is 0 Å².